The minimum Gasteiger partial charge on any atom is -0.256 e. The molecule has 0 amide bonds. The Morgan fingerprint density at radius 2 is 1.40 bits per heavy atom. The van der Waals surface area contributed by atoms with E-state index in [1.54, 1.807) is 12.3 Å². The van der Waals surface area contributed by atoms with Crippen LogP contribution in [0.4, 0.5) is 13.2 Å². The molecule has 0 saturated heterocycles. The molecular weight excluding hydrogens is 383 g/mol. The molecule has 1 heterocycles. The molecule has 0 aliphatic rings. The number of aromatic nitrogens is 1. The van der Waals surface area contributed by atoms with Crippen molar-refractivity contribution in [2.75, 3.05) is 0 Å². The van der Waals surface area contributed by atoms with Crippen LogP contribution in [-0.2, 0) is 6.42 Å². The van der Waals surface area contributed by atoms with E-state index in [0.29, 0.717) is 5.56 Å². The lowest BCUT2D eigenvalue weighted by atomic mass is 9.83. The van der Waals surface area contributed by atoms with Crippen molar-refractivity contribution in [1.82, 2.24) is 4.98 Å². The van der Waals surface area contributed by atoms with Crippen LogP contribution in [-0.4, -0.2) is 11.2 Å². The number of hydrogen-bond acceptors (Lipinski definition) is 1. The second-order valence-electron chi connectivity index (χ2n) is 8.77. The first-order chi connectivity index (χ1) is 14.1. The third-order valence-electron chi connectivity index (χ3n) is 5.79. The van der Waals surface area contributed by atoms with Crippen LogP contribution >= 0.6 is 0 Å². The molecule has 4 heteroatoms. The van der Waals surface area contributed by atoms with Gasteiger partial charge in [-0.1, -0.05) is 61.4 Å². The summed E-state index contributed by atoms with van der Waals surface area (Å²) in [5, 5.41) is 3.82. The Morgan fingerprint density at radius 3 is 2.07 bits per heavy atom. The van der Waals surface area contributed by atoms with Gasteiger partial charge in [0.15, 0.2) is 0 Å². The highest BCUT2D eigenvalue weighted by molar-refractivity contribution is 6.12. The van der Waals surface area contributed by atoms with Crippen molar-refractivity contribution in [3.05, 3.63) is 77.5 Å². The average molecular weight is 407 g/mol. The van der Waals surface area contributed by atoms with E-state index in [2.05, 4.69) is 37.0 Å². The molecule has 4 aromatic rings. The highest BCUT2D eigenvalue weighted by Gasteiger charge is 2.47. The first kappa shape index (κ1) is 20.4. The molecule has 0 atom stereocenters. The second-order valence-corrected chi connectivity index (χ2v) is 8.77. The van der Waals surface area contributed by atoms with E-state index in [-0.39, 0.29) is 6.42 Å². The van der Waals surface area contributed by atoms with Crippen molar-refractivity contribution in [3.8, 4) is 11.3 Å². The standard InChI is InChI=1S/C26H24F3N/c1-16-12-17(2)14-19(13-16)24-23-9-8-20-18(15-25(3,4)26(27,28)29)6-5-7-21(20)22(23)10-11-30-24/h5-14H,15H2,1-4H3. The largest absolute Gasteiger partial charge is 0.394 e. The molecule has 30 heavy (non-hydrogen) atoms. The number of benzene rings is 3. The summed E-state index contributed by atoms with van der Waals surface area (Å²) in [5.74, 6) is 0. The molecule has 0 radical (unpaired) electrons. The van der Waals surface area contributed by atoms with Crippen molar-refractivity contribution >= 4 is 21.5 Å². The summed E-state index contributed by atoms with van der Waals surface area (Å²) in [6.07, 6.45) is -2.54. The van der Waals surface area contributed by atoms with Crippen molar-refractivity contribution in [2.24, 2.45) is 5.41 Å². The third-order valence-corrected chi connectivity index (χ3v) is 5.79. The maximum atomic E-state index is 13.5. The van der Waals surface area contributed by atoms with Crippen LogP contribution in [0, 0.1) is 19.3 Å². The first-order valence-electron chi connectivity index (χ1n) is 10.0. The van der Waals surface area contributed by atoms with E-state index in [1.165, 1.54) is 25.0 Å². The van der Waals surface area contributed by atoms with Crippen LogP contribution in [0.15, 0.2) is 60.8 Å². The van der Waals surface area contributed by atoms with Crippen molar-refractivity contribution in [2.45, 2.75) is 40.3 Å². The number of pyridine rings is 1. The van der Waals surface area contributed by atoms with Gasteiger partial charge >= 0.3 is 6.18 Å². The van der Waals surface area contributed by atoms with E-state index in [1.807, 2.05) is 30.3 Å². The summed E-state index contributed by atoms with van der Waals surface area (Å²) in [7, 11) is 0. The second kappa shape index (κ2) is 7.12. The molecule has 4 rings (SSSR count). The van der Waals surface area contributed by atoms with Crippen LogP contribution in [0.1, 0.15) is 30.5 Å². The molecular formula is C26H24F3N. The lowest BCUT2D eigenvalue weighted by Gasteiger charge is -2.28. The van der Waals surface area contributed by atoms with Crippen LogP contribution in [0.5, 0.6) is 0 Å². The fourth-order valence-corrected chi connectivity index (χ4v) is 4.16. The summed E-state index contributed by atoms with van der Waals surface area (Å²) >= 11 is 0. The lowest BCUT2D eigenvalue weighted by Crippen LogP contribution is -2.34. The minimum atomic E-state index is -4.26. The zero-order chi connectivity index (χ0) is 21.7. The number of alkyl halides is 3. The zero-order valence-corrected chi connectivity index (χ0v) is 17.6. The SMILES string of the molecule is Cc1cc(C)cc(-c2nccc3c2ccc2c(CC(C)(C)C(F)(F)F)cccc23)c1. The number of hydrogen-bond donors (Lipinski definition) is 0. The Labute approximate surface area is 174 Å². The smallest absolute Gasteiger partial charge is 0.256 e. The van der Waals surface area contributed by atoms with Gasteiger partial charge in [-0.2, -0.15) is 13.2 Å². The normalized spacial score (nSPS) is 12.6. The molecule has 0 saturated carbocycles. The maximum absolute atomic E-state index is 13.5. The number of aryl methyl sites for hydroxylation is 2. The van der Waals surface area contributed by atoms with Gasteiger partial charge in [0.05, 0.1) is 11.1 Å². The number of rotatable bonds is 3. The Hall–Kier alpha value is -2.88. The molecule has 0 fully saturated rings. The van der Waals surface area contributed by atoms with Gasteiger partial charge in [-0.3, -0.25) is 4.98 Å². The zero-order valence-electron chi connectivity index (χ0n) is 17.6. The van der Waals surface area contributed by atoms with E-state index >= 15 is 0 Å². The Bertz CT molecular complexity index is 1230. The van der Waals surface area contributed by atoms with Gasteiger partial charge in [0.1, 0.15) is 0 Å². The van der Waals surface area contributed by atoms with Crippen LogP contribution in [0.3, 0.4) is 0 Å². The first-order valence-corrected chi connectivity index (χ1v) is 10.0. The predicted molar refractivity (Wildman–Crippen MR) is 118 cm³/mol. The van der Waals surface area contributed by atoms with E-state index < -0.39 is 11.6 Å². The number of fused-ring (bicyclic) bond motifs is 3. The minimum absolute atomic E-state index is 0.0611. The maximum Gasteiger partial charge on any atom is 0.394 e. The Balaban J connectivity index is 1.92. The third kappa shape index (κ3) is 3.55. The van der Waals surface area contributed by atoms with Gasteiger partial charge < -0.3 is 0 Å². The summed E-state index contributed by atoms with van der Waals surface area (Å²) in [4.78, 5) is 4.63. The molecule has 0 unspecified atom stereocenters. The summed E-state index contributed by atoms with van der Waals surface area (Å²) < 4.78 is 40.4. The van der Waals surface area contributed by atoms with Gasteiger partial charge in [-0.25, -0.2) is 0 Å². The molecule has 3 aromatic carbocycles. The molecule has 0 N–H and O–H groups in total. The fourth-order valence-electron chi connectivity index (χ4n) is 4.16. The Kier molecular flexibility index (Phi) is 4.84. The summed E-state index contributed by atoms with van der Waals surface area (Å²) in [6.45, 7) is 6.64. The van der Waals surface area contributed by atoms with Gasteiger partial charge in [0.2, 0.25) is 0 Å². The lowest BCUT2D eigenvalue weighted by molar-refractivity contribution is -0.210. The molecule has 0 aliphatic carbocycles. The molecule has 0 aliphatic heterocycles. The highest BCUT2D eigenvalue weighted by atomic mass is 19.4. The van der Waals surface area contributed by atoms with Crippen molar-refractivity contribution in [3.63, 3.8) is 0 Å². The average Bonchev–Trinajstić information content (AvgIpc) is 2.65. The summed E-state index contributed by atoms with van der Waals surface area (Å²) in [5.41, 5.74) is 3.19. The van der Waals surface area contributed by atoms with Gasteiger partial charge in [-0.15, -0.1) is 0 Å². The van der Waals surface area contributed by atoms with E-state index in [9.17, 15) is 13.2 Å². The van der Waals surface area contributed by atoms with Crippen molar-refractivity contribution < 1.29 is 13.2 Å². The van der Waals surface area contributed by atoms with E-state index in [0.717, 1.165) is 32.8 Å². The molecule has 1 nitrogen and oxygen atoms in total. The fraction of sp³-hybridized carbons (Fsp3) is 0.269. The summed E-state index contributed by atoms with van der Waals surface area (Å²) in [6, 6.07) is 17.8. The molecule has 0 bridgehead atoms. The predicted octanol–water partition coefficient (Wildman–Crippen LogP) is 7.80. The van der Waals surface area contributed by atoms with Crippen LogP contribution in [0.2, 0.25) is 0 Å². The molecule has 1 aromatic heterocycles. The highest BCUT2D eigenvalue weighted by Crippen LogP contribution is 2.42. The van der Waals surface area contributed by atoms with Crippen LogP contribution in [0.25, 0.3) is 32.8 Å². The quantitative estimate of drug-likeness (QED) is 0.316. The van der Waals surface area contributed by atoms with Crippen molar-refractivity contribution in [1.29, 1.82) is 0 Å². The number of halogens is 3. The Morgan fingerprint density at radius 1 is 0.767 bits per heavy atom. The molecule has 154 valence electrons. The van der Waals surface area contributed by atoms with Crippen LogP contribution < -0.4 is 0 Å². The van der Waals surface area contributed by atoms with Gasteiger partial charge in [0.25, 0.3) is 0 Å². The number of nitrogens with zero attached hydrogens (tertiary/aromatic N) is 1. The van der Waals surface area contributed by atoms with Gasteiger partial charge in [-0.05, 0) is 60.2 Å². The molecule has 0 spiro atoms. The monoisotopic (exact) mass is 407 g/mol. The van der Waals surface area contributed by atoms with E-state index in [4.69, 9.17) is 0 Å². The van der Waals surface area contributed by atoms with Gasteiger partial charge in [0, 0.05) is 17.1 Å². The topological polar surface area (TPSA) is 12.9 Å².